The van der Waals surface area contributed by atoms with Crippen LogP contribution in [0.5, 0.6) is 0 Å². The topological polar surface area (TPSA) is 109 Å². The molecule has 0 amide bonds. The SMILES string of the molecule is O=P([O-])(O)O.[K+].c1c[nH]cn1. The minimum absolute atomic E-state index is 0. The molecule has 0 aromatic carbocycles. The molecular weight excluding hydrogens is 198 g/mol. The van der Waals surface area contributed by atoms with Crippen LogP contribution in [-0.2, 0) is 4.57 Å². The Morgan fingerprint density at radius 2 is 2.00 bits per heavy atom. The molecule has 1 heterocycles. The zero-order valence-corrected chi connectivity index (χ0v) is 9.85. The fourth-order valence-electron chi connectivity index (χ4n) is 0.215. The van der Waals surface area contributed by atoms with Gasteiger partial charge in [0.1, 0.15) is 0 Å². The molecule has 0 saturated heterocycles. The number of aromatic nitrogens is 2. The number of aromatic amines is 1. The number of rotatable bonds is 0. The monoisotopic (exact) mass is 204 g/mol. The van der Waals surface area contributed by atoms with Crippen molar-refractivity contribution in [2.75, 3.05) is 0 Å². The van der Waals surface area contributed by atoms with Crippen molar-refractivity contribution in [2.24, 2.45) is 0 Å². The Hall–Kier alpha value is 0.956. The Labute approximate surface area is 106 Å². The van der Waals surface area contributed by atoms with E-state index in [4.69, 9.17) is 19.2 Å². The number of nitrogens with zero attached hydrogens (tertiary/aromatic N) is 1. The molecule has 6 nitrogen and oxygen atoms in total. The van der Waals surface area contributed by atoms with Crippen LogP contribution in [0.1, 0.15) is 0 Å². The van der Waals surface area contributed by atoms with E-state index in [0.29, 0.717) is 0 Å². The summed E-state index contributed by atoms with van der Waals surface area (Å²) in [5, 5.41) is 0. The first kappa shape index (κ1) is 14.5. The molecule has 0 aliphatic carbocycles. The standard InChI is InChI=1S/C3H4N2.K.H3O4P/c1-2-5-3-4-1;;1-5(2,3)4/h1-3H,(H,4,5);;(H3,1,2,3,4)/q;+1;/p-1. The molecule has 11 heavy (non-hydrogen) atoms. The molecule has 1 aromatic heterocycles. The van der Waals surface area contributed by atoms with Crippen molar-refractivity contribution in [1.29, 1.82) is 0 Å². The smallest absolute Gasteiger partial charge is 0.756 e. The van der Waals surface area contributed by atoms with Crippen LogP contribution in [0.3, 0.4) is 0 Å². The maximum atomic E-state index is 8.77. The fourth-order valence-corrected chi connectivity index (χ4v) is 0.215. The summed E-state index contributed by atoms with van der Waals surface area (Å²) in [5.41, 5.74) is 0. The number of phosphoric acid groups is 1. The molecule has 0 spiro atoms. The molecule has 0 saturated carbocycles. The van der Waals surface area contributed by atoms with Gasteiger partial charge in [-0.05, 0) is 0 Å². The van der Waals surface area contributed by atoms with Crippen molar-refractivity contribution in [1.82, 2.24) is 9.97 Å². The van der Waals surface area contributed by atoms with Gasteiger partial charge in [-0.2, -0.15) is 0 Å². The molecule has 8 heteroatoms. The Morgan fingerprint density at radius 3 is 2.09 bits per heavy atom. The molecule has 0 aliphatic rings. The second-order valence-corrected chi connectivity index (χ2v) is 2.23. The largest absolute Gasteiger partial charge is 1.00 e. The van der Waals surface area contributed by atoms with Gasteiger partial charge < -0.3 is 19.7 Å². The Morgan fingerprint density at radius 1 is 1.55 bits per heavy atom. The van der Waals surface area contributed by atoms with Crippen LogP contribution >= 0.6 is 7.82 Å². The summed E-state index contributed by atoms with van der Waals surface area (Å²) in [4.78, 5) is 29.3. The maximum absolute atomic E-state index is 8.77. The summed E-state index contributed by atoms with van der Waals surface area (Å²) in [5.74, 6) is 0. The second-order valence-electron chi connectivity index (χ2n) is 1.25. The summed E-state index contributed by atoms with van der Waals surface area (Å²) in [6, 6.07) is 0. The third kappa shape index (κ3) is 24.8. The molecule has 0 aliphatic heterocycles. The first-order valence-electron chi connectivity index (χ1n) is 2.19. The van der Waals surface area contributed by atoms with E-state index in [2.05, 4.69) is 9.97 Å². The van der Waals surface area contributed by atoms with Crippen LogP contribution in [0.15, 0.2) is 18.7 Å². The van der Waals surface area contributed by atoms with Crippen molar-refractivity contribution in [3.63, 3.8) is 0 Å². The van der Waals surface area contributed by atoms with Crippen molar-refractivity contribution in [2.45, 2.75) is 0 Å². The van der Waals surface area contributed by atoms with Gasteiger partial charge in [-0.25, -0.2) is 4.98 Å². The third-order valence-corrected chi connectivity index (χ3v) is 0.406. The molecular formula is C3H6KN2O4P. The number of hydrogen-bond acceptors (Lipinski definition) is 3. The average Bonchev–Trinajstić information content (AvgIpc) is 2.07. The van der Waals surface area contributed by atoms with Gasteiger partial charge >= 0.3 is 51.4 Å². The second kappa shape index (κ2) is 7.60. The molecule has 0 bridgehead atoms. The van der Waals surface area contributed by atoms with Gasteiger partial charge in [-0.1, -0.05) is 0 Å². The maximum Gasteiger partial charge on any atom is 1.00 e. The molecule has 58 valence electrons. The van der Waals surface area contributed by atoms with Crippen LogP contribution in [0, 0.1) is 0 Å². The minimum Gasteiger partial charge on any atom is -0.756 e. The zero-order chi connectivity index (χ0) is 8.04. The summed E-state index contributed by atoms with van der Waals surface area (Å²) in [6.07, 6.45) is 5.08. The van der Waals surface area contributed by atoms with E-state index in [0.717, 1.165) is 0 Å². The molecule has 0 unspecified atom stereocenters. The van der Waals surface area contributed by atoms with Crippen molar-refractivity contribution in [3.05, 3.63) is 18.7 Å². The first-order valence-corrected chi connectivity index (χ1v) is 3.72. The van der Waals surface area contributed by atoms with Gasteiger partial charge in [0.05, 0.1) is 6.33 Å². The van der Waals surface area contributed by atoms with Gasteiger partial charge in [-0.15, -0.1) is 0 Å². The minimum atomic E-state index is -4.89. The quantitative estimate of drug-likeness (QED) is 0.293. The molecule has 0 radical (unpaired) electrons. The zero-order valence-electron chi connectivity index (χ0n) is 5.84. The van der Waals surface area contributed by atoms with Crippen molar-refractivity contribution in [3.8, 4) is 0 Å². The van der Waals surface area contributed by atoms with Crippen molar-refractivity contribution < 1.29 is 70.6 Å². The predicted molar refractivity (Wildman–Crippen MR) is 30.6 cm³/mol. The van der Waals surface area contributed by atoms with E-state index < -0.39 is 7.82 Å². The van der Waals surface area contributed by atoms with Crippen LogP contribution in [0.25, 0.3) is 0 Å². The molecule has 1 aromatic rings. The number of H-pyrrole nitrogens is 1. The molecule has 1 rings (SSSR count). The van der Waals surface area contributed by atoms with E-state index >= 15 is 0 Å². The Balaban J connectivity index is 0. The van der Waals surface area contributed by atoms with E-state index in [-0.39, 0.29) is 51.4 Å². The van der Waals surface area contributed by atoms with Crippen LogP contribution in [-0.4, -0.2) is 19.8 Å². The fraction of sp³-hybridized carbons (Fsp3) is 0. The van der Waals surface area contributed by atoms with Gasteiger partial charge in [0.25, 0.3) is 7.82 Å². The van der Waals surface area contributed by atoms with E-state index in [1.165, 1.54) is 0 Å². The number of hydrogen-bond donors (Lipinski definition) is 3. The normalized spacial score (nSPS) is 9.00. The third-order valence-electron chi connectivity index (χ3n) is 0.406. The summed E-state index contributed by atoms with van der Waals surface area (Å²) < 4.78 is 8.77. The van der Waals surface area contributed by atoms with E-state index in [1.54, 1.807) is 18.7 Å². The predicted octanol–water partition coefficient (Wildman–Crippen LogP) is -4.15. The van der Waals surface area contributed by atoms with Gasteiger partial charge in [0, 0.05) is 12.4 Å². The van der Waals surface area contributed by atoms with E-state index in [9.17, 15) is 0 Å². The van der Waals surface area contributed by atoms with Crippen LogP contribution < -0.4 is 56.3 Å². The summed E-state index contributed by atoms with van der Waals surface area (Å²) >= 11 is 0. The summed E-state index contributed by atoms with van der Waals surface area (Å²) in [6.45, 7) is 0. The molecule has 3 N–H and O–H groups in total. The number of nitrogens with one attached hydrogen (secondary N) is 1. The van der Waals surface area contributed by atoms with Crippen LogP contribution in [0.2, 0.25) is 0 Å². The van der Waals surface area contributed by atoms with Crippen molar-refractivity contribution >= 4 is 7.82 Å². The molecule has 0 fully saturated rings. The average molecular weight is 204 g/mol. The van der Waals surface area contributed by atoms with Gasteiger partial charge in [-0.3, -0.25) is 4.57 Å². The Bertz CT molecular complexity index is 172. The molecule has 0 atom stereocenters. The number of imidazole rings is 1. The van der Waals surface area contributed by atoms with E-state index in [1.807, 2.05) is 0 Å². The Kier molecular flexibility index (Phi) is 10.0. The van der Waals surface area contributed by atoms with Crippen LogP contribution in [0.4, 0.5) is 0 Å². The summed E-state index contributed by atoms with van der Waals surface area (Å²) in [7, 11) is -4.89. The van der Waals surface area contributed by atoms with Gasteiger partial charge in [0.2, 0.25) is 0 Å². The van der Waals surface area contributed by atoms with Gasteiger partial charge in [0.15, 0.2) is 0 Å². The first-order chi connectivity index (χ1) is 4.50.